The molecular weight excluding hydrogens is 284 g/mol. The van der Waals surface area contributed by atoms with Crippen LogP contribution in [0.2, 0.25) is 0 Å². The predicted molar refractivity (Wildman–Crippen MR) is 80.1 cm³/mol. The van der Waals surface area contributed by atoms with E-state index in [0.29, 0.717) is 24.4 Å². The second kappa shape index (κ2) is 7.49. The maximum atomic E-state index is 12.5. The summed E-state index contributed by atoms with van der Waals surface area (Å²) in [5, 5.41) is 2.81. The molecule has 0 bridgehead atoms. The molecule has 2 heterocycles. The lowest BCUT2D eigenvalue weighted by molar-refractivity contribution is -0.121. The molecule has 0 aliphatic carbocycles. The average Bonchev–Trinajstić information content (AvgIpc) is 3.14. The SMILES string of the molecule is CC(C)NC(=O)CCN(Cc1ccco1)C(=O)c1ccoc1. The number of hydrogen-bond donors (Lipinski definition) is 1. The molecule has 0 aliphatic rings. The lowest BCUT2D eigenvalue weighted by atomic mass is 10.2. The summed E-state index contributed by atoms with van der Waals surface area (Å²) in [6, 6.07) is 5.24. The van der Waals surface area contributed by atoms with E-state index >= 15 is 0 Å². The fourth-order valence-electron chi connectivity index (χ4n) is 2.04. The van der Waals surface area contributed by atoms with Gasteiger partial charge < -0.3 is 19.1 Å². The number of amides is 2. The molecule has 2 aromatic heterocycles. The quantitative estimate of drug-likeness (QED) is 0.852. The van der Waals surface area contributed by atoms with Crippen LogP contribution >= 0.6 is 0 Å². The Bertz CT molecular complexity index is 588. The van der Waals surface area contributed by atoms with Gasteiger partial charge in [0.15, 0.2) is 0 Å². The third-order valence-corrected chi connectivity index (χ3v) is 3.04. The van der Waals surface area contributed by atoms with Gasteiger partial charge in [-0.1, -0.05) is 0 Å². The van der Waals surface area contributed by atoms with E-state index in [9.17, 15) is 9.59 Å². The van der Waals surface area contributed by atoms with E-state index in [1.165, 1.54) is 12.5 Å². The van der Waals surface area contributed by atoms with E-state index in [0.717, 1.165) is 0 Å². The highest BCUT2D eigenvalue weighted by Crippen LogP contribution is 2.11. The minimum atomic E-state index is -0.192. The molecule has 2 rings (SSSR count). The van der Waals surface area contributed by atoms with Gasteiger partial charge in [-0.2, -0.15) is 0 Å². The zero-order valence-corrected chi connectivity index (χ0v) is 12.7. The zero-order valence-electron chi connectivity index (χ0n) is 12.7. The molecule has 1 N–H and O–H groups in total. The minimum absolute atomic E-state index is 0.0793. The van der Waals surface area contributed by atoms with Crippen LogP contribution in [0.4, 0.5) is 0 Å². The first-order valence-electron chi connectivity index (χ1n) is 7.19. The summed E-state index contributed by atoms with van der Waals surface area (Å²) in [5.41, 5.74) is 0.454. The lowest BCUT2D eigenvalue weighted by Crippen LogP contribution is -2.36. The maximum absolute atomic E-state index is 12.5. The monoisotopic (exact) mass is 304 g/mol. The minimum Gasteiger partial charge on any atom is -0.472 e. The molecule has 2 aromatic rings. The largest absolute Gasteiger partial charge is 0.472 e. The van der Waals surface area contributed by atoms with Crippen molar-refractivity contribution in [3.05, 3.63) is 48.3 Å². The maximum Gasteiger partial charge on any atom is 0.257 e. The number of carbonyl (C=O) groups is 2. The van der Waals surface area contributed by atoms with E-state index in [1.54, 1.807) is 29.4 Å². The Morgan fingerprint density at radius 1 is 1.27 bits per heavy atom. The van der Waals surface area contributed by atoms with Crippen LogP contribution in [-0.4, -0.2) is 29.3 Å². The van der Waals surface area contributed by atoms with Crippen molar-refractivity contribution >= 4 is 11.8 Å². The van der Waals surface area contributed by atoms with Crippen LogP contribution in [0.5, 0.6) is 0 Å². The van der Waals surface area contributed by atoms with E-state index in [4.69, 9.17) is 8.83 Å². The van der Waals surface area contributed by atoms with E-state index in [1.807, 2.05) is 13.8 Å². The Morgan fingerprint density at radius 3 is 2.68 bits per heavy atom. The van der Waals surface area contributed by atoms with Crippen LogP contribution in [0.1, 0.15) is 36.4 Å². The van der Waals surface area contributed by atoms with Crippen LogP contribution in [0.3, 0.4) is 0 Å². The van der Waals surface area contributed by atoms with Crippen molar-refractivity contribution in [2.24, 2.45) is 0 Å². The number of nitrogens with zero attached hydrogens (tertiary/aromatic N) is 1. The third kappa shape index (κ3) is 4.51. The van der Waals surface area contributed by atoms with Gasteiger partial charge in [-0.15, -0.1) is 0 Å². The fourth-order valence-corrected chi connectivity index (χ4v) is 2.04. The summed E-state index contributed by atoms with van der Waals surface area (Å²) in [5.74, 6) is 0.392. The van der Waals surface area contributed by atoms with Crippen LogP contribution in [0.25, 0.3) is 0 Å². The highest BCUT2D eigenvalue weighted by Gasteiger charge is 2.19. The Balaban J connectivity index is 2.01. The molecule has 0 unspecified atom stereocenters. The van der Waals surface area contributed by atoms with E-state index in [2.05, 4.69) is 5.32 Å². The Kier molecular flexibility index (Phi) is 5.41. The topological polar surface area (TPSA) is 75.7 Å². The zero-order chi connectivity index (χ0) is 15.9. The summed E-state index contributed by atoms with van der Waals surface area (Å²) in [6.07, 6.45) is 4.64. The fraction of sp³-hybridized carbons (Fsp3) is 0.375. The first kappa shape index (κ1) is 15.9. The number of carbonyl (C=O) groups excluding carboxylic acids is 2. The van der Waals surface area contributed by atoms with Crippen molar-refractivity contribution < 1.29 is 18.4 Å². The Morgan fingerprint density at radius 2 is 2.09 bits per heavy atom. The second-order valence-corrected chi connectivity index (χ2v) is 5.29. The summed E-state index contributed by atoms with van der Waals surface area (Å²) < 4.78 is 10.2. The smallest absolute Gasteiger partial charge is 0.257 e. The summed E-state index contributed by atoms with van der Waals surface area (Å²) in [7, 11) is 0. The first-order chi connectivity index (χ1) is 10.6. The Hall–Kier alpha value is -2.50. The molecule has 0 saturated carbocycles. The van der Waals surface area contributed by atoms with Gasteiger partial charge in [0.1, 0.15) is 12.0 Å². The van der Waals surface area contributed by atoms with E-state index < -0.39 is 0 Å². The Labute approximate surface area is 129 Å². The van der Waals surface area contributed by atoms with Crippen molar-refractivity contribution in [1.29, 1.82) is 0 Å². The predicted octanol–water partition coefficient (Wildman–Crippen LogP) is 2.43. The molecule has 0 spiro atoms. The van der Waals surface area contributed by atoms with Crippen molar-refractivity contribution in [3.8, 4) is 0 Å². The normalized spacial score (nSPS) is 10.7. The van der Waals surface area contributed by atoms with Gasteiger partial charge in [-0.05, 0) is 32.0 Å². The third-order valence-electron chi connectivity index (χ3n) is 3.04. The summed E-state index contributed by atoms with van der Waals surface area (Å²) >= 11 is 0. The van der Waals surface area contributed by atoms with Crippen molar-refractivity contribution in [3.63, 3.8) is 0 Å². The molecule has 0 saturated heterocycles. The van der Waals surface area contributed by atoms with Crippen molar-refractivity contribution in [1.82, 2.24) is 10.2 Å². The molecule has 6 nitrogen and oxygen atoms in total. The molecule has 0 aliphatic heterocycles. The lowest BCUT2D eigenvalue weighted by Gasteiger charge is -2.21. The molecule has 0 radical (unpaired) electrons. The van der Waals surface area contributed by atoms with Crippen molar-refractivity contribution in [2.75, 3.05) is 6.54 Å². The van der Waals surface area contributed by atoms with Crippen LogP contribution < -0.4 is 5.32 Å². The molecule has 118 valence electrons. The number of rotatable bonds is 7. The molecular formula is C16H20N2O4. The summed E-state index contributed by atoms with van der Waals surface area (Å²) in [6.45, 7) is 4.42. The molecule has 22 heavy (non-hydrogen) atoms. The van der Waals surface area contributed by atoms with Gasteiger partial charge in [0, 0.05) is 19.0 Å². The van der Waals surface area contributed by atoms with Crippen LogP contribution in [0.15, 0.2) is 45.8 Å². The van der Waals surface area contributed by atoms with Crippen LogP contribution in [-0.2, 0) is 11.3 Å². The number of hydrogen-bond acceptors (Lipinski definition) is 4. The van der Waals surface area contributed by atoms with Gasteiger partial charge in [-0.25, -0.2) is 0 Å². The highest BCUT2D eigenvalue weighted by atomic mass is 16.3. The van der Waals surface area contributed by atoms with Crippen molar-refractivity contribution in [2.45, 2.75) is 32.9 Å². The van der Waals surface area contributed by atoms with Gasteiger partial charge in [0.2, 0.25) is 5.91 Å². The number of furan rings is 2. The van der Waals surface area contributed by atoms with E-state index in [-0.39, 0.29) is 24.3 Å². The molecule has 6 heteroatoms. The standard InChI is InChI=1S/C16H20N2O4/c1-12(2)17-15(19)5-7-18(10-14-4-3-8-22-14)16(20)13-6-9-21-11-13/h3-4,6,8-9,11-12H,5,7,10H2,1-2H3,(H,17,19). The number of nitrogens with one attached hydrogen (secondary N) is 1. The van der Waals surface area contributed by atoms with Gasteiger partial charge in [0.05, 0.1) is 24.6 Å². The van der Waals surface area contributed by atoms with Crippen LogP contribution in [0, 0.1) is 0 Å². The summed E-state index contributed by atoms with van der Waals surface area (Å²) in [4.78, 5) is 25.8. The van der Waals surface area contributed by atoms with Gasteiger partial charge in [0.25, 0.3) is 5.91 Å². The highest BCUT2D eigenvalue weighted by molar-refractivity contribution is 5.94. The first-order valence-corrected chi connectivity index (χ1v) is 7.19. The second-order valence-electron chi connectivity index (χ2n) is 5.29. The molecule has 2 amide bonds. The molecule has 0 atom stereocenters. The molecule has 0 fully saturated rings. The average molecular weight is 304 g/mol. The van der Waals surface area contributed by atoms with Gasteiger partial charge >= 0.3 is 0 Å². The molecule has 0 aromatic carbocycles. The van der Waals surface area contributed by atoms with Gasteiger partial charge in [-0.3, -0.25) is 9.59 Å².